The third kappa shape index (κ3) is 6.76. The summed E-state index contributed by atoms with van der Waals surface area (Å²) in [5.74, 6) is 0.0260. The van der Waals surface area contributed by atoms with Crippen molar-refractivity contribution in [1.29, 1.82) is 0 Å². The lowest BCUT2D eigenvalue weighted by molar-refractivity contribution is 0.103. The molecule has 0 fully saturated rings. The van der Waals surface area contributed by atoms with Crippen LogP contribution in [0.15, 0.2) is 120 Å². The molecule has 0 aliphatic carbocycles. The molecule has 4 aromatic carbocycles. The summed E-state index contributed by atoms with van der Waals surface area (Å²) in [6.07, 6.45) is 1.60. The first-order chi connectivity index (χ1) is 21.4. The van der Waals surface area contributed by atoms with Crippen LogP contribution in [0.25, 0.3) is 20.7 Å². The smallest absolute Gasteiger partial charge is 0.201 e. The molecule has 0 amide bonds. The quantitative estimate of drug-likeness (QED) is 0.142. The number of thiophene rings is 1. The van der Waals surface area contributed by atoms with E-state index in [9.17, 15) is 14.0 Å². The molecule has 5 nitrogen and oxygen atoms in total. The highest BCUT2D eigenvalue weighted by molar-refractivity contribution is 7.22. The lowest BCUT2D eigenvalue weighted by atomic mass is 10.0. The largest absolute Gasteiger partial charge is 0.497 e. The molecule has 6 rings (SSSR count). The van der Waals surface area contributed by atoms with Gasteiger partial charge in [-0.1, -0.05) is 78.9 Å². The zero-order valence-electron chi connectivity index (χ0n) is 24.9. The standard InChI is InChI=1S/C37H31FN2O3S.ClH/c1-39(21-25-11-5-3-6-12-25)23-30-33-35(42)31(34(41)26-13-7-4-8-14-26)24-40(22-28-15-9-10-16-32(28)38)37(33)44-36(30)27-17-19-29(43-2)20-18-27;/h3-20,24H,21-23H2,1-2H3;1H. The van der Waals surface area contributed by atoms with Crippen molar-refractivity contribution in [3.63, 3.8) is 0 Å². The molecule has 2 aromatic heterocycles. The fraction of sp³-hybridized carbons (Fsp3) is 0.135. The maximum atomic E-state index is 14.9. The van der Waals surface area contributed by atoms with Gasteiger partial charge in [0, 0.05) is 35.3 Å². The maximum absolute atomic E-state index is 14.9. The summed E-state index contributed by atoms with van der Waals surface area (Å²) >= 11 is 1.48. The van der Waals surface area contributed by atoms with Gasteiger partial charge in [-0.3, -0.25) is 14.5 Å². The Hall–Kier alpha value is -4.56. The van der Waals surface area contributed by atoms with Crippen LogP contribution in [-0.2, 0) is 19.6 Å². The average molecular weight is 639 g/mol. The number of benzene rings is 4. The second-order valence-electron chi connectivity index (χ2n) is 10.8. The van der Waals surface area contributed by atoms with Gasteiger partial charge in [-0.15, -0.1) is 23.7 Å². The lowest BCUT2D eigenvalue weighted by Gasteiger charge is -2.18. The monoisotopic (exact) mass is 638 g/mol. The number of hydrogen-bond donors (Lipinski definition) is 0. The summed E-state index contributed by atoms with van der Waals surface area (Å²) in [6, 6.07) is 33.3. The molecule has 0 radical (unpaired) electrons. The lowest BCUT2D eigenvalue weighted by Crippen LogP contribution is -2.22. The summed E-state index contributed by atoms with van der Waals surface area (Å²) in [7, 11) is 3.64. The minimum atomic E-state index is -0.361. The number of ether oxygens (including phenoxy) is 1. The Morgan fingerprint density at radius 2 is 1.51 bits per heavy atom. The molecule has 6 aromatic rings. The highest BCUT2D eigenvalue weighted by Crippen LogP contribution is 2.39. The number of carbonyl (C=O) groups is 1. The molecule has 8 heteroatoms. The van der Waals surface area contributed by atoms with Gasteiger partial charge in [-0.2, -0.15) is 0 Å². The third-order valence-corrected chi connectivity index (χ3v) is 8.98. The summed E-state index contributed by atoms with van der Waals surface area (Å²) < 4.78 is 22.2. The first kappa shape index (κ1) is 31.9. The van der Waals surface area contributed by atoms with Gasteiger partial charge in [-0.05, 0) is 54.1 Å². The predicted octanol–water partition coefficient (Wildman–Crippen LogP) is 8.21. The van der Waals surface area contributed by atoms with Crippen LogP contribution in [0.4, 0.5) is 4.39 Å². The molecule has 2 heterocycles. The molecule has 0 spiro atoms. The van der Waals surface area contributed by atoms with Gasteiger partial charge in [-0.25, -0.2) is 4.39 Å². The number of rotatable bonds is 10. The highest BCUT2D eigenvalue weighted by atomic mass is 35.5. The second kappa shape index (κ2) is 14.0. The highest BCUT2D eigenvalue weighted by Gasteiger charge is 2.25. The molecule has 0 bridgehead atoms. The molecule has 0 atom stereocenters. The van der Waals surface area contributed by atoms with E-state index < -0.39 is 0 Å². The fourth-order valence-corrected chi connectivity index (χ4v) is 6.77. The molecule has 0 saturated heterocycles. The van der Waals surface area contributed by atoms with Crippen LogP contribution in [0.2, 0.25) is 0 Å². The van der Waals surface area contributed by atoms with Crippen LogP contribution in [0.5, 0.6) is 5.75 Å². The van der Waals surface area contributed by atoms with Crippen molar-refractivity contribution < 1.29 is 13.9 Å². The molecule has 0 saturated carbocycles. The normalized spacial score (nSPS) is 11.0. The van der Waals surface area contributed by atoms with E-state index in [0.717, 1.165) is 27.3 Å². The van der Waals surface area contributed by atoms with Gasteiger partial charge < -0.3 is 9.30 Å². The molecular formula is C37H32ClFN2O3S. The number of halogens is 2. The van der Waals surface area contributed by atoms with E-state index in [1.165, 1.54) is 17.4 Å². The average Bonchev–Trinajstić information content (AvgIpc) is 3.43. The predicted molar refractivity (Wildman–Crippen MR) is 182 cm³/mol. The van der Waals surface area contributed by atoms with Gasteiger partial charge in [0.2, 0.25) is 5.43 Å². The minimum absolute atomic E-state index is 0. The zero-order chi connectivity index (χ0) is 30.6. The van der Waals surface area contributed by atoms with Crippen LogP contribution >= 0.6 is 23.7 Å². The maximum Gasteiger partial charge on any atom is 0.201 e. The van der Waals surface area contributed by atoms with Crippen molar-refractivity contribution in [2.24, 2.45) is 0 Å². The molecule has 0 unspecified atom stereocenters. The topological polar surface area (TPSA) is 51.5 Å². The molecular weight excluding hydrogens is 607 g/mol. The Morgan fingerprint density at radius 3 is 2.18 bits per heavy atom. The molecule has 0 aliphatic rings. The number of pyridine rings is 1. The van der Waals surface area contributed by atoms with Crippen molar-refractivity contribution in [2.45, 2.75) is 19.6 Å². The van der Waals surface area contributed by atoms with Crippen LogP contribution in [0, 0.1) is 5.82 Å². The number of aromatic nitrogens is 1. The van der Waals surface area contributed by atoms with Crippen molar-refractivity contribution >= 4 is 39.7 Å². The first-order valence-electron chi connectivity index (χ1n) is 14.3. The SMILES string of the molecule is COc1ccc(-c2sc3c(c2CN(C)Cc2ccccc2)c(=O)c(C(=O)c2ccccc2)cn3Cc2ccccc2F)cc1.Cl. The van der Waals surface area contributed by atoms with Crippen LogP contribution in [0.3, 0.4) is 0 Å². The fourth-order valence-electron chi connectivity index (χ4n) is 5.48. The van der Waals surface area contributed by atoms with E-state index in [2.05, 4.69) is 17.0 Å². The number of methoxy groups -OCH3 is 1. The van der Waals surface area contributed by atoms with Gasteiger partial charge >= 0.3 is 0 Å². The zero-order valence-corrected chi connectivity index (χ0v) is 26.5. The number of hydrogen-bond acceptors (Lipinski definition) is 5. The van der Waals surface area contributed by atoms with Crippen molar-refractivity contribution in [3.8, 4) is 16.2 Å². The summed E-state index contributed by atoms with van der Waals surface area (Å²) in [4.78, 5) is 32.0. The van der Waals surface area contributed by atoms with Crippen LogP contribution < -0.4 is 10.2 Å². The van der Waals surface area contributed by atoms with E-state index in [-0.39, 0.29) is 41.5 Å². The van der Waals surface area contributed by atoms with Gasteiger partial charge in [0.15, 0.2) is 5.78 Å². The Bertz CT molecular complexity index is 1990. The summed E-state index contributed by atoms with van der Waals surface area (Å²) in [5.41, 5.74) is 3.56. The van der Waals surface area contributed by atoms with Gasteiger partial charge in [0.1, 0.15) is 16.4 Å². The van der Waals surface area contributed by atoms with Gasteiger partial charge in [0.25, 0.3) is 0 Å². The molecule has 228 valence electrons. The Kier molecular flexibility index (Phi) is 9.93. The number of fused-ring (bicyclic) bond motifs is 1. The summed E-state index contributed by atoms with van der Waals surface area (Å²) in [5, 5.41) is 0.485. The van der Waals surface area contributed by atoms with Gasteiger partial charge in [0.05, 0.1) is 24.6 Å². The van der Waals surface area contributed by atoms with Crippen molar-refractivity contribution in [3.05, 3.63) is 159 Å². The van der Waals surface area contributed by atoms with Crippen molar-refractivity contribution in [1.82, 2.24) is 9.47 Å². The number of ketones is 1. The third-order valence-electron chi connectivity index (χ3n) is 7.66. The Balaban J connectivity index is 0.00000400. The van der Waals surface area contributed by atoms with E-state index in [1.807, 2.05) is 60.1 Å². The van der Waals surface area contributed by atoms with Crippen LogP contribution in [-0.4, -0.2) is 29.4 Å². The minimum Gasteiger partial charge on any atom is -0.497 e. The summed E-state index contributed by atoms with van der Waals surface area (Å²) in [6.45, 7) is 1.31. The van der Waals surface area contributed by atoms with Crippen LogP contribution in [0.1, 0.15) is 32.6 Å². The van der Waals surface area contributed by atoms with E-state index in [4.69, 9.17) is 4.74 Å². The van der Waals surface area contributed by atoms with E-state index in [0.29, 0.717) is 34.4 Å². The Labute approximate surface area is 271 Å². The van der Waals surface area contributed by atoms with E-state index in [1.54, 1.807) is 55.8 Å². The first-order valence-corrected chi connectivity index (χ1v) is 15.1. The van der Waals surface area contributed by atoms with E-state index >= 15 is 0 Å². The second-order valence-corrected chi connectivity index (χ2v) is 11.8. The Morgan fingerprint density at radius 1 is 0.867 bits per heavy atom. The molecule has 45 heavy (non-hydrogen) atoms. The van der Waals surface area contributed by atoms with Crippen molar-refractivity contribution in [2.75, 3.05) is 14.2 Å². The molecule has 0 aliphatic heterocycles. The number of nitrogens with zero attached hydrogens (tertiary/aromatic N) is 2. The number of carbonyl (C=O) groups excluding carboxylic acids is 1. The molecule has 0 N–H and O–H groups in total.